The minimum Gasteiger partial charge on any atom is -0.0661 e. The minimum atomic E-state index is 1.06. The standard InChI is InChI=1S/C15H18/c1-2-10-11(3-1)13-7-12(10)14-8-4-5-9(6-8)15(13)14/h8,10,12,14H,1-7H2. The number of hydrogen-bond acceptors (Lipinski definition) is 0. The Hall–Kier alpha value is -0.520. The molecule has 4 unspecified atom stereocenters. The smallest absolute Gasteiger partial charge is 0.00909 e. The van der Waals surface area contributed by atoms with Gasteiger partial charge in [0, 0.05) is 0 Å². The summed E-state index contributed by atoms with van der Waals surface area (Å²) >= 11 is 0. The van der Waals surface area contributed by atoms with Crippen LogP contribution in [0.15, 0.2) is 22.3 Å². The van der Waals surface area contributed by atoms with Crippen molar-refractivity contribution >= 4 is 0 Å². The summed E-state index contributed by atoms with van der Waals surface area (Å²) in [5.74, 6) is 4.32. The minimum absolute atomic E-state index is 1.06. The zero-order chi connectivity index (χ0) is 9.57. The molecule has 0 amide bonds. The lowest BCUT2D eigenvalue weighted by molar-refractivity contribution is 0.254. The summed E-state index contributed by atoms with van der Waals surface area (Å²) < 4.78 is 0. The summed E-state index contributed by atoms with van der Waals surface area (Å²) in [5.41, 5.74) is 7.68. The van der Waals surface area contributed by atoms with E-state index in [0.717, 1.165) is 23.7 Å². The molecule has 0 aliphatic heterocycles. The number of allylic oxidation sites excluding steroid dienone is 4. The molecule has 0 aromatic heterocycles. The fourth-order valence-corrected chi connectivity index (χ4v) is 5.77. The molecule has 0 N–H and O–H groups in total. The van der Waals surface area contributed by atoms with Gasteiger partial charge >= 0.3 is 0 Å². The quantitative estimate of drug-likeness (QED) is 0.554. The van der Waals surface area contributed by atoms with Crippen molar-refractivity contribution in [3.05, 3.63) is 22.3 Å². The Kier molecular flexibility index (Phi) is 1.16. The molecule has 0 heterocycles. The molecule has 0 aromatic carbocycles. The number of fused-ring (bicyclic) bond motifs is 10. The first-order valence-electron chi connectivity index (χ1n) is 6.87. The molecule has 0 spiro atoms. The first-order chi connectivity index (χ1) is 7.43. The summed E-state index contributed by atoms with van der Waals surface area (Å²) in [6, 6.07) is 0. The Labute approximate surface area is 91.4 Å². The van der Waals surface area contributed by atoms with Crippen LogP contribution < -0.4 is 0 Å². The zero-order valence-electron chi connectivity index (χ0n) is 9.26. The SMILES string of the molecule is C1CC2=C3CC(C2C1)C1C3=C2CCC1C2. The predicted octanol–water partition coefficient (Wildman–Crippen LogP) is 3.84. The van der Waals surface area contributed by atoms with E-state index in [2.05, 4.69) is 0 Å². The van der Waals surface area contributed by atoms with Crippen molar-refractivity contribution in [3.8, 4) is 0 Å². The highest BCUT2D eigenvalue weighted by Crippen LogP contribution is 2.67. The van der Waals surface area contributed by atoms with Gasteiger partial charge in [0.05, 0.1) is 0 Å². The third kappa shape index (κ3) is 0.697. The van der Waals surface area contributed by atoms with Crippen molar-refractivity contribution in [3.63, 3.8) is 0 Å². The van der Waals surface area contributed by atoms with Crippen LogP contribution in [0.3, 0.4) is 0 Å². The molecule has 0 saturated heterocycles. The normalized spacial score (nSPS) is 49.6. The Morgan fingerprint density at radius 3 is 3.00 bits per heavy atom. The Balaban J connectivity index is 1.78. The van der Waals surface area contributed by atoms with Crippen molar-refractivity contribution in [2.45, 2.75) is 44.9 Å². The van der Waals surface area contributed by atoms with Crippen molar-refractivity contribution in [1.82, 2.24) is 0 Å². The first-order valence-corrected chi connectivity index (χ1v) is 6.87. The second kappa shape index (κ2) is 2.26. The number of rotatable bonds is 0. The third-order valence-electron chi connectivity index (χ3n) is 6.09. The molecule has 5 rings (SSSR count). The molecule has 15 heavy (non-hydrogen) atoms. The summed E-state index contributed by atoms with van der Waals surface area (Å²) in [6.07, 6.45) is 10.5. The maximum absolute atomic E-state index is 1.94. The molecule has 0 nitrogen and oxygen atoms in total. The van der Waals surface area contributed by atoms with Gasteiger partial charge in [0.25, 0.3) is 0 Å². The van der Waals surface area contributed by atoms with Crippen LogP contribution in [0.25, 0.3) is 0 Å². The molecule has 0 heteroatoms. The van der Waals surface area contributed by atoms with Gasteiger partial charge < -0.3 is 0 Å². The van der Waals surface area contributed by atoms with Gasteiger partial charge in [0.2, 0.25) is 0 Å². The number of hydrogen-bond donors (Lipinski definition) is 0. The van der Waals surface area contributed by atoms with E-state index in [4.69, 9.17) is 0 Å². The maximum atomic E-state index is 1.94. The lowest BCUT2D eigenvalue weighted by Gasteiger charge is -2.31. The van der Waals surface area contributed by atoms with E-state index in [1.165, 1.54) is 44.9 Å². The van der Waals surface area contributed by atoms with Gasteiger partial charge in [-0.2, -0.15) is 0 Å². The Bertz CT molecular complexity index is 423. The van der Waals surface area contributed by atoms with E-state index in [-0.39, 0.29) is 0 Å². The molecule has 78 valence electrons. The molecule has 4 bridgehead atoms. The highest BCUT2D eigenvalue weighted by molar-refractivity contribution is 5.55. The van der Waals surface area contributed by atoms with Crippen molar-refractivity contribution in [2.24, 2.45) is 23.7 Å². The molecule has 5 aliphatic rings. The van der Waals surface area contributed by atoms with Crippen LogP contribution in [0, 0.1) is 23.7 Å². The van der Waals surface area contributed by atoms with E-state index in [1.807, 2.05) is 22.3 Å². The average Bonchev–Trinajstić information content (AvgIpc) is 3.03. The maximum Gasteiger partial charge on any atom is -0.00909 e. The summed E-state index contributed by atoms with van der Waals surface area (Å²) in [7, 11) is 0. The first kappa shape index (κ1) is 7.70. The van der Waals surface area contributed by atoms with Crippen LogP contribution >= 0.6 is 0 Å². The second-order valence-electron chi connectivity index (χ2n) is 6.42. The summed E-state index contributed by atoms with van der Waals surface area (Å²) in [4.78, 5) is 0. The highest BCUT2D eigenvalue weighted by atomic mass is 14.6. The molecule has 0 aromatic rings. The van der Waals surface area contributed by atoms with Gasteiger partial charge in [-0.25, -0.2) is 0 Å². The van der Waals surface area contributed by atoms with Crippen LogP contribution in [0.5, 0.6) is 0 Å². The molecule has 3 fully saturated rings. The largest absolute Gasteiger partial charge is 0.0661 e. The lowest BCUT2D eigenvalue weighted by atomic mass is 9.73. The van der Waals surface area contributed by atoms with Crippen molar-refractivity contribution in [1.29, 1.82) is 0 Å². The molecule has 0 radical (unpaired) electrons. The van der Waals surface area contributed by atoms with Gasteiger partial charge in [-0.15, -0.1) is 0 Å². The molecule has 5 aliphatic carbocycles. The van der Waals surface area contributed by atoms with Crippen LogP contribution in [-0.4, -0.2) is 0 Å². The van der Waals surface area contributed by atoms with E-state index in [1.54, 1.807) is 0 Å². The fourth-order valence-electron chi connectivity index (χ4n) is 5.77. The van der Waals surface area contributed by atoms with E-state index < -0.39 is 0 Å². The van der Waals surface area contributed by atoms with Crippen LogP contribution in [-0.2, 0) is 0 Å². The lowest BCUT2D eigenvalue weighted by Crippen LogP contribution is -2.24. The molecular weight excluding hydrogens is 180 g/mol. The Morgan fingerprint density at radius 2 is 2.00 bits per heavy atom. The summed E-state index contributed by atoms with van der Waals surface area (Å²) in [6.45, 7) is 0. The van der Waals surface area contributed by atoms with Crippen LogP contribution in [0.2, 0.25) is 0 Å². The zero-order valence-corrected chi connectivity index (χ0v) is 9.26. The molecular formula is C15H18. The topological polar surface area (TPSA) is 0 Å². The van der Waals surface area contributed by atoms with Crippen LogP contribution in [0.4, 0.5) is 0 Å². The molecule has 4 atom stereocenters. The van der Waals surface area contributed by atoms with Crippen molar-refractivity contribution < 1.29 is 0 Å². The van der Waals surface area contributed by atoms with Gasteiger partial charge in [-0.05, 0) is 79.8 Å². The van der Waals surface area contributed by atoms with E-state index >= 15 is 0 Å². The van der Waals surface area contributed by atoms with Crippen molar-refractivity contribution in [2.75, 3.05) is 0 Å². The Morgan fingerprint density at radius 1 is 1.00 bits per heavy atom. The average molecular weight is 198 g/mol. The fraction of sp³-hybridized carbons (Fsp3) is 0.733. The van der Waals surface area contributed by atoms with Gasteiger partial charge in [0.15, 0.2) is 0 Å². The van der Waals surface area contributed by atoms with Gasteiger partial charge in [0.1, 0.15) is 0 Å². The monoisotopic (exact) mass is 198 g/mol. The predicted molar refractivity (Wildman–Crippen MR) is 60.3 cm³/mol. The van der Waals surface area contributed by atoms with E-state index in [0.29, 0.717) is 0 Å². The molecule has 3 saturated carbocycles. The van der Waals surface area contributed by atoms with E-state index in [9.17, 15) is 0 Å². The van der Waals surface area contributed by atoms with Gasteiger partial charge in [-0.3, -0.25) is 0 Å². The third-order valence-corrected chi connectivity index (χ3v) is 6.09. The summed E-state index contributed by atoms with van der Waals surface area (Å²) in [5, 5.41) is 0. The van der Waals surface area contributed by atoms with Crippen LogP contribution in [0.1, 0.15) is 44.9 Å². The van der Waals surface area contributed by atoms with Gasteiger partial charge in [-0.1, -0.05) is 11.1 Å². The second-order valence-corrected chi connectivity index (χ2v) is 6.42. The highest BCUT2D eigenvalue weighted by Gasteiger charge is 2.56.